The molecule has 0 heterocycles. The van der Waals surface area contributed by atoms with E-state index in [4.69, 9.17) is 11.2 Å². The van der Waals surface area contributed by atoms with E-state index in [2.05, 4.69) is 51.9 Å². The van der Waals surface area contributed by atoms with Crippen molar-refractivity contribution in [2.45, 2.75) is 111 Å². The van der Waals surface area contributed by atoms with Crippen molar-refractivity contribution in [1.82, 2.24) is 0 Å². The zero-order valence-electron chi connectivity index (χ0n) is 25.1. The number of rotatable bonds is 7. The fourth-order valence-electron chi connectivity index (χ4n) is 9.70. The molecule has 3 saturated carbocycles. The number of allylic oxidation sites excluding steroid dienone is 1. The Balaban J connectivity index is 1.21. The highest BCUT2D eigenvalue weighted by molar-refractivity contribution is 5.84. The molecule has 0 unspecified atom stereocenters. The molecule has 1 N–H and O–H groups in total. The van der Waals surface area contributed by atoms with Gasteiger partial charge in [0, 0.05) is 17.7 Å². The van der Waals surface area contributed by atoms with Gasteiger partial charge in [0.25, 0.3) is 0 Å². The number of benzene rings is 1. The van der Waals surface area contributed by atoms with Crippen LogP contribution in [-0.2, 0) is 4.74 Å². The summed E-state index contributed by atoms with van der Waals surface area (Å²) in [4.78, 5) is 12.7. The first-order chi connectivity index (χ1) is 18.6. The molecule has 0 aliphatic heterocycles. The second kappa shape index (κ2) is 11.3. The first-order valence-corrected chi connectivity index (χ1v) is 15.9. The van der Waals surface area contributed by atoms with E-state index in [9.17, 15) is 4.79 Å². The van der Waals surface area contributed by atoms with Crippen LogP contribution in [0.4, 0.5) is 10.5 Å². The van der Waals surface area contributed by atoms with Gasteiger partial charge in [0.15, 0.2) is 0 Å². The lowest BCUT2D eigenvalue weighted by Gasteiger charge is -2.58. The van der Waals surface area contributed by atoms with Crippen LogP contribution in [0.3, 0.4) is 0 Å². The van der Waals surface area contributed by atoms with Gasteiger partial charge in [-0.15, -0.1) is 6.42 Å². The molecule has 0 bridgehead atoms. The van der Waals surface area contributed by atoms with E-state index < -0.39 is 0 Å². The third-order valence-corrected chi connectivity index (χ3v) is 11.8. The van der Waals surface area contributed by atoms with Crippen LogP contribution in [0.5, 0.6) is 0 Å². The van der Waals surface area contributed by atoms with Crippen molar-refractivity contribution in [2.24, 2.45) is 46.3 Å². The quantitative estimate of drug-likeness (QED) is 0.282. The molecule has 0 spiro atoms. The van der Waals surface area contributed by atoms with Crippen LogP contribution in [0.25, 0.3) is 0 Å². The van der Waals surface area contributed by atoms with Crippen molar-refractivity contribution in [2.75, 3.05) is 5.32 Å². The van der Waals surface area contributed by atoms with E-state index >= 15 is 0 Å². The Morgan fingerprint density at radius 1 is 1.05 bits per heavy atom. The predicted octanol–water partition coefficient (Wildman–Crippen LogP) is 9.63. The third kappa shape index (κ3) is 5.55. The van der Waals surface area contributed by atoms with Crippen LogP contribution >= 0.6 is 0 Å². The normalized spacial score (nSPS) is 36.1. The number of anilines is 1. The molecule has 8 atom stereocenters. The smallest absolute Gasteiger partial charge is 0.411 e. The molecular formula is C36H51NO2. The minimum absolute atomic E-state index is 0.0396. The van der Waals surface area contributed by atoms with E-state index in [0.717, 1.165) is 60.3 Å². The fraction of sp³-hybridized carbons (Fsp3) is 0.694. The van der Waals surface area contributed by atoms with Crippen molar-refractivity contribution in [3.8, 4) is 12.3 Å². The first-order valence-electron chi connectivity index (χ1n) is 15.9. The SMILES string of the molecule is C#Cc1ccc(NC(=O)O[C@H]2CC[C@@]3(C)C(=CC[C@H]4[C@@H]5CC[C@H]([C@H](C)CCCC(C)C)[C@@]5(C)CC[C@@H]43)C2)cc1. The predicted molar refractivity (Wildman–Crippen MR) is 161 cm³/mol. The van der Waals surface area contributed by atoms with Crippen LogP contribution in [0.15, 0.2) is 35.9 Å². The van der Waals surface area contributed by atoms with E-state index in [1.165, 1.54) is 51.4 Å². The molecule has 1 aromatic carbocycles. The van der Waals surface area contributed by atoms with Crippen LogP contribution in [-0.4, -0.2) is 12.2 Å². The Kier molecular flexibility index (Phi) is 8.24. The second-order valence-electron chi connectivity index (χ2n) is 14.4. The highest BCUT2D eigenvalue weighted by atomic mass is 16.6. The molecule has 1 amide bonds. The largest absolute Gasteiger partial charge is 0.446 e. The number of nitrogens with one attached hydrogen (secondary N) is 1. The maximum absolute atomic E-state index is 12.7. The van der Waals surface area contributed by atoms with Gasteiger partial charge in [-0.2, -0.15) is 0 Å². The van der Waals surface area contributed by atoms with Gasteiger partial charge >= 0.3 is 6.09 Å². The number of hydrogen-bond donors (Lipinski definition) is 1. The average Bonchev–Trinajstić information content (AvgIpc) is 3.26. The van der Waals surface area contributed by atoms with Gasteiger partial charge in [-0.3, -0.25) is 5.32 Å². The summed E-state index contributed by atoms with van der Waals surface area (Å²) in [6, 6.07) is 7.32. The summed E-state index contributed by atoms with van der Waals surface area (Å²) in [5.41, 5.74) is 3.87. The monoisotopic (exact) mass is 529 g/mol. The van der Waals surface area contributed by atoms with E-state index in [1.807, 2.05) is 24.3 Å². The van der Waals surface area contributed by atoms with Gasteiger partial charge in [0.05, 0.1) is 0 Å². The van der Waals surface area contributed by atoms with Gasteiger partial charge in [-0.25, -0.2) is 4.79 Å². The number of hydrogen-bond acceptors (Lipinski definition) is 2. The molecule has 3 fully saturated rings. The maximum Gasteiger partial charge on any atom is 0.411 e. The third-order valence-electron chi connectivity index (χ3n) is 11.8. The zero-order valence-corrected chi connectivity index (χ0v) is 25.1. The number of terminal acetylenes is 1. The zero-order chi connectivity index (χ0) is 27.8. The van der Waals surface area contributed by atoms with Crippen LogP contribution in [0.2, 0.25) is 0 Å². The van der Waals surface area contributed by atoms with Crippen molar-refractivity contribution < 1.29 is 9.53 Å². The lowest BCUT2D eigenvalue weighted by atomic mass is 9.47. The molecule has 4 aliphatic rings. The van der Waals surface area contributed by atoms with Crippen LogP contribution in [0.1, 0.15) is 111 Å². The summed E-state index contributed by atoms with van der Waals surface area (Å²) < 4.78 is 5.92. The molecule has 5 rings (SSSR count). The Hall–Kier alpha value is -2.21. The van der Waals surface area contributed by atoms with Crippen LogP contribution < -0.4 is 5.32 Å². The van der Waals surface area contributed by atoms with E-state index in [1.54, 1.807) is 5.57 Å². The van der Waals surface area contributed by atoms with Crippen molar-refractivity contribution >= 4 is 11.8 Å². The molecule has 0 aromatic heterocycles. The topological polar surface area (TPSA) is 38.3 Å². The number of ether oxygens (including phenoxy) is 1. The molecule has 39 heavy (non-hydrogen) atoms. The molecule has 3 nitrogen and oxygen atoms in total. The summed E-state index contributed by atoms with van der Waals surface area (Å²) in [5, 5.41) is 2.88. The number of carbonyl (C=O) groups excluding carboxylic acids is 1. The minimum Gasteiger partial charge on any atom is -0.446 e. The van der Waals surface area contributed by atoms with Gasteiger partial charge in [-0.05, 0) is 116 Å². The van der Waals surface area contributed by atoms with Gasteiger partial charge in [-0.1, -0.05) is 71.5 Å². The highest BCUT2D eigenvalue weighted by Gasteiger charge is 2.59. The molecular weight excluding hydrogens is 478 g/mol. The highest BCUT2D eigenvalue weighted by Crippen LogP contribution is 2.67. The van der Waals surface area contributed by atoms with Crippen molar-refractivity contribution in [3.05, 3.63) is 41.5 Å². The summed E-state index contributed by atoms with van der Waals surface area (Å²) in [6.07, 6.45) is 21.7. The van der Waals surface area contributed by atoms with Gasteiger partial charge in [0.2, 0.25) is 0 Å². The molecule has 0 saturated heterocycles. The molecule has 212 valence electrons. The molecule has 0 radical (unpaired) electrons. The molecule has 1 aromatic rings. The minimum atomic E-state index is -0.362. The Bertz CT molecular complexity index is 1100. The van der Waals surface area contributed by atoms with Gasteiger partial charge in [0.1, 0.15) is 6.10 Å². The standard InChI is InChI=1S/C36H51NO2/c1-7-26-11-14-28(15-12-26)37-34(38)39-29-19-21-35(5)27(23-29)13-16-30-32-18-17-31(25(4)10-8-9-24(2)3)36(32,6)22-20-33(30)35/h1,11-15,24-25,29-33H,8-10,16-23H2,2-6H3,(H,37,38)/t25-,29+,30+,31-,32+,33+,35+,36-/m1/s1. The van der Waals surface area contributed by atoms with Gasteiger partial charge < -0.3 is 4.74 Å². The van der Waals surface area contributed by atoms with Crippen LogP contribution in [0, 0.1) is 58.7 Å². The molecule has 3 heteroatoms. The Morgan fingerprint density at radius 3 is 2.54 bits per heavy atom. The number of fused-ring (bicyclic) bond motifs is 5. The number of carbonyl (C=O) groups is 1. The summed E-state index contributed by atoms with van der Waals surface area (Å²) in [7, 11) is 0. The number of amides is 1. The van der Waals surface area contributed by atoms with Crippen molar-refractivity contribution in [1.29, 1.82) is 0 Å². The van der Waals surface area contributed by atoms with Crippen molar-refractivity contribution in [3.63, 3.8) is 0 Å². The summed E-state index contributed by atoms with van der Waals surface area (Å²) in [6.45, 7) is 12.5. The first kappa shape index (κ1) is 28.3. The maximum atomic E-state index is 12.7. The van der Waals surface area contributed by atoms with E-state index in [-0.39, 0.29) is 17.6 Å². The summed E-state index contributed by atoms with van der Waals surface area (Å²) >= 11 is 0. The molecule has 4 aliphatic carbocycles. The second-order valence-corrected chi connectivity index (χ2v) is 14.4. The lowest BCUT2D eigenvalue weighted by Crippen LogP contribution is -2.51. The average molecular weight is 530 g/mol. The lowest BCUT2D eigenvalue weighted by molar-refractivity contribution is -0.0577. The van der Waals surface area contributed by atoms with E-state index in [0.29, 0.717) is 11.1 Å². The Labute approximate surface area is 237 Å². The summed E-state index contributed by atoms with van der Waals surface area (Å²) in [5.74, 6) is 7.68. The Morgan fingerprint density at radius 2 is 1.82 bits per heavy atom. The fourth-order valence-corrected chi connectivity index (χ4v) is 9.70.